The molecule has 2 amide bonds. The van der Waals surface area contributed by atoms with Crippen LogP contribution >= 0.6 is 23.2 Å². The van der Waals surface area contributed by atoms with Crippen molar-refractivity contribution >= 4 is 62.0 Å². The molecule has 0 saturated heterocycles. The number of nitrogens with zero attached hydrogens (tertiary/aromatic N) is 1. The van der Waals surface area contributed by atoms with Gasteiger partial charge in [-0.1, -0.05) is 23.2 Å². The van der Waals surface area contributed by atoms with Gasteiger partial charge in [0.05, 0.1) is 31.2 Å². The Hall–Kier alpha value is -3.54. The van der Waals surface area contributed by atoms with Crippen LogP contribution in [0.5, 0.6) is 0 Å². The van der Waals surface area contributed by atoms with E-state index in [2.05, 4.69) is 20.9 Å². The molecule has 0 aliphatic carbocycles. The molecule has 0 saturated carbocycles. The molecule has 0 atom stereocenters. The van der Waals surface area contributed by atoms with Gasteiger partial charge in [0.15, 0.2) is 0 Å². The van der Waals surface area contributed by atoms with Crippen LogP contribution in [0.3, 0.4) is 0 Å². The minimum Gasteiger partial charge on any atom is -0.307 e. The summed E-state index contributed by atoms with van der Waals surface area (Å²) >= 11 is 11.7. The average Bonchev–Trinajstić information content (AvgIpc) is 2.75. The van der Waals surface area contributed by atoms with E-state index in [0.29, 0.717) is 16.4 Å². The number of carbonyl (C=O) groups is 1. The predicted octanol–water partition coefficient (Wildman–Crippen LogP) is 4.85. The zero-order valence-corrected chi connectivity index (χ0v) is 18.3. The summed E-state index contributed by atoms with van der Waals surface area (Å²) in [6, 6.07) is 14.6. The van der Waals surface area contributed by atoms with Gasteiger partial charge in [-0.3, -0.25) is 25.7 Å². The smallest absolute Gasteiger partial charge is 0.307 e. The largest absolute Gasteiger partial charge is 0.337 e. The SMILES string of the molecule is O=C(NNc1ccc([N+](=O)[O-])cc1)Nc1ccc(S(=O)(=O)Nc2ccc(Cl)c(Cl)c2)cc1. The summed E-state index contributed by atoms with van der Waals surface area (Å²) in [4.78, 5) is 22.1. The van der Waals surface area contributed by atoms with Crippen molar-refractivity contribution in [2.24, 2.45) is 0 Å². The van der Waals surface area contributed by atoms with E-state index in [4.69, 9.17) is 23.2 Å². The number of urea groups is 1. The van der Waals surface area contributed by atoms with Gasteiger partial charge in [0.2, 0.25) is 0 Å². The molecule has 0 radical (unpaired) electrons. The van der Waals surface area contributed by atoms with E-state index in [-0.39, 0.29) is 21.3 Å². The van der Waals surface area contributed by atoms with E-state index in [0.717, 1.165) is 0 Å². The Morgan fingerprint density at radius 2 is 1.44 bits per heavy atom. The highest BCUT2D eigenvalue weighted by Gasteiger charge is 2.15. The Morgan fingerprint density at radius 3 is 2.03 bits per heavy atom. The third-order valence-corrected chi connectivity index (χ3v) is 6.13. The molecule has 0 fully saturated rings. The molecule has 0 heterocycles. The number of non-ortho nitro benzene ring substituents is 1. The number of amides is 2. The fourth-order valence-electron chi connectivity index (χ4n) is 2.45. The highest BCUT2D eigenvalue weighted by molar-refractivity contribution is 7.92. The van der Waals surface area contributed by atoms with Crippen molar-refractivity contribution in [3.63, 3.8) is 0 Å². The Bertz CT molecular complexity index is 1250. The lowest BCUT2D eigenvalue weighted by molar-refractivity contribution is -0.384. The van der Waals surface area contributed by atoms with Crippen LogP contribution in [0.2, 0.25) is 10.0 Å². The summed E-state index contributed by atoms with van der Waals surface area (Å²) in [6.07, 6.45) is 0. The first kappa shape index (κ1) is 23.1. The van der Waals surface area contributed by atoms with E-state index in [1.807, 2.05) is 0 Å². The van der Waals surface area contributed by atoms with Gasteiger partial charge in [-0.25, -0.2) is 13.2 Å². The summed E-state index contributed by atoms with van der Waals surface area (Å²) in [7, 11) is -3.88. The molecule has 10 nitrogen and oxygen atoms in total. The van der Waals surface area contributed by atoms with Gasteiger partial charge in [-0.2, -0.15) is 0 Å². The first-order chi connectivity index (χ1) is 15.1. The van der Waals surface area contributed by atoms with Crippen molar-refractivity contribution in [3.8, 4) is 0 Å². The minimum atomic E-state index is -3.88. The molecule has 4 N–H and O–H groups in total. The lowest BCUT2D eigenvalue weighted by atomic mass is 10.3. The predicted molar refractivity (Wildman–Crippen MR) is 123 cm³/mol. The van der Waals surface area contributed by atoms with E-state index in [1.54, 1.807) is 0 Å². The van der Waals surface area contributed by atoms with Crippen molar-refractivity contribution in [2.75, 3.05) is 15.5 Å². The number of carbonyl (C=O) groups excluding carboxylic acids is 1. The van der Waals surface area contributed by atoms with Crippen molar-refractivity contribution in [1.29, 1.82) is 0 Å². The monoisotopic (exact) mass is 495 g/mol. The molecule has 0 unspecified atom stereocenters. The number of nitro groups is 1. The zero-order chi connectivity index (χ0) is 23.3. The highest BCUT2D eigenvalue weighted by atomic mass is 35.5. The summed E-state index contributed by atoms with van der Waals surface area (Å²) in [6.45, 7) is 0. The number of benzene rings is 3. The fraction of sp³-hybridized carbons (Fsp3) is 0. The summed E-state index contributed by atoms with van der Waals surface area (Å²) in [5, 5.41) is 13.7. The summed E-state index contributed by atoms with van der Waals surface area (Å²) in [5.74, 6) is 0. The van der Waals surface area contributed by atoms with Gasteiger partial charge in [0, 0.05) is 17.8 Å². The van der Waals surface area contributed by atoms with Crippen LogP contribution in [0.25, 0.3) is 0 Å². The molecule has 3 aromatic carbocycles. The molecular weight excluding hydrogens is 481 g/mol. The standard InChI is InChI=1S/C19H15Cl2N5O5S/c20-17-10-5-14(11-18(17)21)25-32(30,31)16-8-3-12(4-9-16)22-19(27)24-23-13-1-6-15(7-2-13)26(28)29/h1-11,23,25H,(H2,22,24,27). The quantitative estimate of drug-likeness (QED) is 0.272. The minimum absolute atomic E-state index is 0.0291. The van der Waals surface area contributed by atoms with Crippen molar-refractivity contribution in [3.05, 3.63) is 86.9 Å². The maximum atomic E-state index is 12.5. The molecule has 32 heavy (non-hydrogen) atoms. The van der Waals surface area contributed by atoms with Crippen LogP contribution < -0.4 is 20.9 Å². The van der Waals surface area contributed by atoms with Crippen LogP contribution in [-0.2, 0) is 10.0 Å². The number of halogens is 2. The number of rotatable bonds is 7. The van der Waals surface area contributed by atoms with Gasteiger partial charge in [-0.15, -0.1) is 0 Å². The Kier molecular flexibility index (Phi) is 7.03. The maximum absolute atomic E-state index is 12.5. The number of anilines is 3. The van der Waals surface area contributed by atoms with E-state index in [1.165, 1.54) is 66.7 Å². The van der Waals surface area contributed by atoms with Gasteiger partial charge in [0.1, 0.15) is 0 Å². The number of hydrogen-bond donors (Lipinski definition) is 4. The zero-order valence-electron chi connectivity index (χ0n) is 16.0. The van der Waals surface area contributed by atoms with E-state index >= 15 is 0 Å². The number of nitrogens with one attached hydrogen (secondary N) is 4. The Balaban J connectivity index is 1.57. The Labute approximate surface area is 192 Å². The normalized spacial score (nSPS) is 10.8. The maximum Gasteiger partial charge on any atom is 0.337 e. The van der Waals surface area contributed by atoms with E-state index < -0.39 is 21.0 Å². The number of hydrogen-bond acceptors (Lipinski definition) is 6. The van der Waals surface area contributed by atoms with Gasteiger partial charge in [0.25, 0.3) is 15.7 Å². The molecule has 3 rings (SSSR count). The van der Waals surface area contributed by atoms with Crippen LogP contribution in [0, 0.1) is 10.1 Å². The fourth-order valence-corrected chi connectivity index (χ4v) is 3.80. The van der Waals surface area contributed by atoms with Crippen LogP contribution in [0.15, 0.2) is 71.6 Å². The summed E-state index contributed by atoms with van der Waals surface area (Å²) < 4.78 is 27.4. The molecule has 0 aromatic heterocycles. The van der Waals surface area contributed by atoms with E-state index in [9.17, 15) is 23.3 Å². The second-order valence-electron chi connectivity index (χ2n) is 6.27. The van der Waals surface area contributed by atoms with Gasteiger partial charge in [-0.05, 0) is 54.6 Å². The highest BCUT2D eigenvalue weighted by Crippen LogP contribution is 2.26. The van der Waals surface area contributed by atoms with Crippen molar-refractivity contribution < 1.29 is 18.1 Å². The third-order valence-electron chi connectivity index (χ3n) is 3.99. The number of hydrazine groups is 1. The number of nitro benzene ring substituents is 1. The van der Waals surface area contributed by atoms with Crippen molar-refractivity contribution in [1.82, 2.24) is 5.43 Å². The molecule has 166 valence electrons. The van der Waals surface area contributed by atoms with Crippen LogP contribution in [0.1, 0.15) is 0 Å². The second-order valence-corrected chi connectivity index (χ2v) is 8.76. The van der Waals surface area contributed by atoms with Crippen molar-refractivity contribution in [2.45, 2.75) is 4.90 Å². The lowest BCUT2D eigenvalue weighted by Gasteiger charge is -2.11. The molecule has 0 bridgehead atoms. The first-order valence-corrected chi connectivity index (χ1v) is 11.0. The molecule has 0 spiro atoms. The molecule has 0 aliphatic rings. The first-order valence-electron chi connectivity index (χ1n) is 8.79. The topological polar surface area (TPSA) is 142 Å². The Morgan fingerprint density at radius 1 is 0.844 bits per heavy atom. The average molecular weight is 496 g/mol. The van der Waals surface area contributed by atoms with Crippen LogP contribution in [0.4, 0.5) is 27.5 Å². The van der Waals surface area contributed by atoms with Crippen LogP contribution in [-0.4, -0.2) is 19.4 Å². The summed E-state index contributed by atoms with van der Waals surface area (Å²) in [5.41, 5.74) is 5.89. The second kappa shape index (κ2) is 9.73. The molecular formula is C19H15Cl2N5O5S. The third kappa shape index (κ3) is 6.00. The molecule has 3 aromatic rings. The van der Waals surface area contributed by atoms with Gasteiger partial charge < -0.3 is 5.32 Å². The van der Waals surface area contributed by atoms with Gasteiger partial charge >= 0.3 is 6.03 Å². The molecule has 13 heteroatoms. The lowest BCUT2D eigenvalue weighted by Crippen LogP contribution is -2.33. The molecule has 0 aliphatic heterocycles. The number of sulfonamides is 1.